The van der Waals surface area contributed by atoms with E-state index in [9.17, 15) is 19.5 Å². The van der Waals surface area contributed by atoms with E-state index in [1.54, 1.807) is 13.8 Å². The summed E-state index contributed by atoms with van der Waals surface area (Å²) in [5, 5.41) is 16.5. The Bertz CT molecular complexity index is 1240. The molecule has 8 atom stereocenters. The fraction of sp³-hybridized carbons (Fsp3) is 0.733. The van der Waals surface area contributed by atoms with Crippen molar-refractivity contribution in [3.63, 3.8) is 0 Å². The third kappa shape index (κ3) is 3.66. The van der Waals surface area contributed by atoms with E-state index < -0.39 is 51.7 Å². The third-order valence-corrected chi connectivity index (χ3v) is 11.9. The zero-order valence-corrected chi connectivity index (χ0v) is 24.6. The number of alkyl halides is 1. The Morgan fingerprint density at radius 1 is 1.18 bits per heavy atom. The van der Waals surface area contributed by atoms with E-state index in [1.165, 1.54) is 5.57 Å². The molecule has 1 N–H and O–H groups in total. The minimum atomic E-state index is -1.52. The molecule has 1 aromatic rings. The number of hydrogen-bond donors (Lipinski definition) is 1. The van der Waals surface area contributed by atoms with Crippen molar-refractivity contribution in [1.29, 1.82) is 0 Å². The number of fused-ring (bicyclic) bond motifs is 6. The highest BCUT2D eigenvalue weighted by molar-refractivity contribution is 6.26. The third-order valence-electron chi connectivity index (χ3n) is 10.9. The first-order valence-corrected chi connectivity index (χ1v) is 14.7. The number of rotatable bonds is 6. The van der Waals surface area contributed by atoms with Gasteiger partial charge in [-0.2, -0.15) is 5.10 Å². The van der Waals surface area contributed by atoms with Crippen LogP contribution in [0, 0.1) is 28.6 Å². The first-order chi connectivity index (χ1) is 18.3. The zero-order valence-electron chi connectivity index (χ0n) is 23.9. The minimum absolute atomic E-state index is 0.0717. The highest BCUT2D eigenvalue weighted by Crippen LogP contribution is 2.72. The Kier molecular flexibility index (Phi) is 6.86. The van der Waals surface area contributed by atoms with Gasteiger partial charge < -0.3 is 14.6 Å². The average Bonchev–Trinajstić information content (AvgIpc) is 3.35. The minimum Gasteiger partial charge on any atom is -0.457 e. The van der Waals surface area contributed by atoms with Gasteiger partial charge in [0.25, 0.3) is 0 Å². The molecule has 5 rings (SSSR count). The molecule has 0 spiro atoms. The van der Waals surface area contributed by atoms with Crippen LogP contribution in [-0.2, 0) is 37.3 Å². The maximum Gasteiger partial charge on any atom is 0.306 e. The number of aliphatic hydroxyl groups excluding tert-OH is 1. The fourth-order valence-corrected chi connectivity index (χ4v) is 9.51. The van der Waals surface area contributed by atoms with E-state index in [-0.39, 0.29) is 37.0 Å². The van der Waals surface area contributed by atoms with Gasteiger partial charge in [-0.1, -0.05) is 40.2 Å². The van der Waals surface area contributed by atoms with Gasteiger partial charge in [0.05, 0.1) is 22.9 Å². The Hall–Kier alpha value is -2.19. The fourth-order valence-electron chi connectivity index (χ4n) is 8.98. The van der Waals surface area contributed by atoms with Crippen molar-refractivity contribution in [2.24, 2.45) is 35.6 Å². The molecule has 0 aliphatic heterocycles. The predicted octanol–water partition coefficient (Wildman–Crippen LogP) is 4.39. The topological polar surface area (TPSA) is 108 Å². The van der Waals surface area contributed by atoms with Crippen LogP contribution in [0.4, 0.5) is 0 Å². The van der Waals surface area contributed by atoms with Crippen LogP contribution in [0.15, 0.2) is 11.8 Å². The number of carbonyl (C=O) groups is 3. The molecule has 0 bridgehead atoms. The zero-order chi connectivity index (χ0) is 28.5. The van der Waals surface area contributed by atoms with Crippen LogP contribution in [0.25, 0.3) is 6.08 Å². The van der Waals surface area contributed by atoms with Crippen LogP contribution in [0.2, 0.25) is 0 Å². The van der Waals surface area contributed by atoms with Gasteiger partial charge >= 0.3 is 11.9 Å². The van der Waals surface area contributed by atoms with Crippen molar-refractivity contribution in [3.05, 3.63) is 23.0 Å². The molecule has 0 aromatic carbocycles. The molecule has 1 heterocycles. The van der Waals surface area contributed by atoms with Gasteiger partial charge in [0, 0.05) is 36.6 Å². The molecule has 39 heavy (non-hydrogen) atoms. The summed E-state index contributed by atoms with van der Waals surface area (Å²) in [6.07, 6.45) is 6.50. The predicted molar refractivity (Wildman–Crippen MR) is 146 cm³/mol. The standard InChI is InChI=1S/C30H41ClN2O6/c1-7-25(36)38-16-24(35)30(39-26(37)8-2)17(3)11-21-20-10-9-19-12-22-18(15-32-33(22)6)13-27(19,4)29(20,31)23(34)14-28(21,30)5/h12,15,17,20-21,23,34H,7-11,13-14,16H2,1-6H3/t17-,20-,21-,23-,27-,28-,29-,30-/m0/s1. The Balaban J connectivity index is 1.58. The summed E-state index contributed by atoms with van der Waals surface area (Å²) in [4.78, 5) is 37.8. The Morgan fingerprint density at radius 2 is 1.87 bits per heavy atom. The molecule has 0 saturated heterocycles. The van der Waals surface area contributed by atoms with Crippen molar-refractivity contribution in [3.8, 4) is 0 Å². The second-order valence-corrected chi connectivity index (χ2v) is 13.3. The maximum absolute atomic E-state index is 14.0. The van der Waals surface area contributed by atoms with Crippen molar-refractivity contribution >= 4 is 35.4 Å². The number of aromatic nitrogens is 2. The van der Waals surface area contributed by atoms with Crippen molar-refractivity contribution in [1.82, 2.24) is 9.78 Å². The summed E-state index contributed by atoms with van der Waals surface area (Å²) < 4.78 is 13.3. The van der Waals surface area contributed by atoms with Crippen LogP contribution in [0.3, 0.4) is 0 Å². The van der Waals surface area contributed by atoms with Gasteiger partial charge in [-0.25, -0.2) is 0 Å². The smallest absolute Gasteiger partial charge is 0.306 e. The molecular weight excluding hydrogens is 520 g/mol. The molecule has 0 radical (unpaired) electrons. The Morgan fingerprint density at radius 3 is 2.54 bits per heavy atom. The molecular formula is C30H41ClN2O6. The molecule has 0 unspecified atom stereocenters. The second kappa shape index (κ2) is 9.44. The summed E-state index contributed by atoms with van der Waals surface area (Å²) in [7, 11) is 1.94. The summed E-state index contributed by atoms with van der Waals surface area (Å²) in [5.41, 5.74) is 0.542. The van der Waals surface area contributed by atoms with Gasteiger partial charge in [-0.3, -0.25) is 19.1 Å². The number of aryl methyl sites for hydroxylation is 1. The van der Waals surface area contributed by atoms with Crippen LogP contribution in [0.5, 0.6) is 0 Å². The molecule has 4 aliphatic rings. The number of ketones is 1. The van der Waals surface area contributed by atoms with Crippen LogP contribution >= 0.6 is 11.6 Å². The largest absolute Gasteiger partial charge is 0.457 e. The number of ether oxygens (including phenoxy) is 2. The first kappa shape index (κ1) is 28.3. The average molecular weight is 561 g/mol. The van der Waals surface area contributed by atoms with E-state index in [0.29, 0.717) is 12.8 Å². The number of hydrogen-bond acceptors (Lipinski definition) is 7. The summed E-state index contributed by atoms with van der Waals surface area (Å²) in [5.74, 6) is -1.89. The van der Waals surface area contributed by atoms with E-state index in [0.717, 1.165) is 24.1 Å². The van der Waals surface area contributed by atoms with Crippen LogP contribution < -0.4 is 0 Å². The molecule has 3 fully saturated rings. The van der Waals surface area contributed by atoms with Crippen molar-refractivity contribution < 1.29 is 29.0 Å². The number of nitrogens with zero attached hydrogens (tertiary/aromatic N) is 2. The van der Waals surface area contributed by atoms with E-state index >= 15 is 0 Å². The number of esters is 2. The summed E-state index contributed by atoms with van der Waals surface area (Å²) in [6.45, 7) is 8.97. The summed E-state index contributed by atoms with van der Waals surface area (Å²) in [6, 6.07) is 0. The van der Waals surface area contributed by atoms with Crippen molar-refractivity contribution in [2.45, 2.75) is 96.1 Å². The van der Waals surface area contributed by atoms with Gasteiger partial charge in [0.2, 0.25) is 5.78 Å². The normalized spacial score (nSPS) is 40.5. The maximum atomic E-state index is 14.0. The number of allylic oxidation sites excluding steroid dienone is 1. The first-order valence-electron chi connectivity index (χ1n) is 14.3. The van der Waals surface area contributed by atoms with Crippen LogP contribution in [0.1, 0.15) is 84.4 Å². The monoisotopic (exact) mass is 560 g/mol. The molecule has 9 heteroatoms. The van der Waals surface area contributed by atoms with Gasteiger partial charge in [0.15, 0.2) is 12.2 Å². The SMILES string of the molecule is CCC(=O)OCC(=O)[C@@]1(OC(=O)CC)[C@@H](C)C[C@H]2[C@@H]3CCC4=Cc5c(cnn5C)C[C@]4(C)[C@@]3(Cl)[C@@H](O)C[C@@]21C. The quantitative estimate of drug-likeness (QED) is 0.406. The van der Waals surface area contributed by atoms with Gasteiger partial charge in [-0.05, 0) is 55.6 Å². The number of carbonyl (C=O) groups excluding carboxylic acids is 3. The number of Topliss-reactive ketones (excluding diaryl/α,β-unsaturated/α-hetero) is 1. The second-order valence-electron chi connectivity index (χ2n) is 12.7. The molecule has 0 amide bonds. The highest BCUT2D eigenvalue weighted by atomic mass is 35.5. The molecule has 1 aromatic heterocycles. The van der Waals surface area contributed by atoms with Crippen LogP contribution in [-0.4, -0.2) is 55.8 Å². The lowest BCUT2D eigenvalue weighted by Crippen LogP contribution is -2.70. The highest BCUT2D eigenvalue weighted by Gasteiger charge is 2.76. The molecule has 214 valence electrons. The van der Waals surface area contributed by atoms with Gasteiger partial charge in [0.1, 0.15) is 0 Å². The van der Waals surface area contributed by atoms with E-state index in [1.807, 2.05) is 31.8 Å². The van der Waals surface area contributed by atoms with E-state index in [2.05, 4.69) is 18.1 Å². The van der Waals surface area contributed by atoms with Crippen molar-refractivity contribution in [2.75, 3.05) is 6.61 Å². The molecule has 3 saturated carbocycles. The van der Waals surface area contributed by atoms with Gasteiger partial charge in [-0.15, -0.1) is 11.6 Å². The summed E-state index contributed by atoms with van der Waals surface area (Å²) >= 11 is 7.74. The Labute approximate surface area is 235 Å². The van der Waals surface area contributed by atoms with E-state index in [4.69, 9.17) is 21.1 Å². The molecule has 4 aliphatic carbocycles. The lowest BCUT2D eigenvalue weighted by molar-refractivity contribution is -0.204. The lowest BCUT2D eigenvalue weighted by Gasteiger charge is -2.65. The lowest BCUT2D eigenvalue weighted by atomic mass is 9.44. The number of aliphatic hydroxyl groups is 1. The number of halogens is 1. The molecule has 8 nitrogen and oxygen atoms in total.